The zero-order chi connectivity index (χ0) is 10.6. The molecule has 0 spiro atoms. The predicted octanol–water partition coefficient (Wildman–Crippen LogP) is 0.409. The van der Waals surface area contributed by atoms with Crippen molar-refractivity contribution in [3.63, 3.8) is 0 Å². The molecule has 0 saturated carbocycles. The molecule has 1 aliphatic rings. The highest BCUT2D eigenvalue weighted by Crippen LogP contribution is 2.21. The maximum atomic E-state index is 10.9. The maximum absolute atomic E-state index is 10.9. The number of hydrogen-bond acceptors (Lipinski definition) is 5. The van der Waals surface area contributed by atoms with Crippen molar-refractivity contribution < 1.29 is 24.1 Å². The van der Waals surface area contributed by atoms with Gasteiger partial charge >= 0.3 is 5.97 Å². The summed E-state index contributed by atoms with van der Waals surface area (Å²) in [6.45, 7) is 3.83. The van der Waals surface area contributed by atoms with E-state index in [9.17, 15) is 9.90 Å². The molecule has 82 valence electrons. The van der Waals surface area contributed by atoms with Crippen LogP contribution in [0, 0.1) is 0 Å². The van der Waals surface area contributed by atoms with Gasteiger partial charge in [-0.15, -0.1) is 0 Å². The highest BCUT2D eigenvalue weighted by atomic mass is 16.9. The van der Waals surface area contributed by atoms with Gasteiger partial charge in [-0.1, -0.05) is 0 Å². The van der Waals surface area contributed by atoms with Gasteiger partial charge in [-0.3, -0.25) is 4.79 Å². The number of aliphatic hydroxyl groups excluding tert-OH is 1. The van der Waals surface area contributed by atoms with E-state index in [2.05, 4.69) is 4.74 Å². The fourth-order valence-corrected chi connectivity index (χ4v) is 1.27. The SMILES string of the molecule is CCOC(=O)CC(O)CC1OC(C)O1. The zero-order valence-electron chi connectivity index (χ0n) is 8.43. The molecule has 5 nitrogen and oxygen atoms in total. The molecule has 1 saturated heterocycles. The van der Waals surface area contributed by atoms with E-state index >= 15 is 0 Å². The van der Waals surface area contributed by atoms with Gasteiger partial charge in [0.25, 0.3) is 0 Å². The summed E-state index contributed by atoms with van der Waals surface area (Å²) in [5.74, 6) is -0.396. The average Bonchev–Trinajstić information content (AvgIpc) is 2.01. The Bertz CT molecular complexity index is 188. The van der Waals surface area contributed by atoms with Crippen molar-refractivity contribution in [1.82, 2.24) is 0 Å². The Hall–Kier alpha value is -0.650. The van der Waals surface area contributed by atoms with Crippen LogP contribution in [0.1, 0.15) is 26.7 Å². The van der Waals surface area contributed by atoms with Crippen molar-refractivity contribution in [2.24, 2.45) is 0 Å². The quantitative estimate of drug-likeness (QED) is 0.657. The van der Waals surface area contributed by atoms with Gasteiger partial charge in [0.1, 0.15) is 0 Å². The van der Waals surface area contributed by atoms with E-state index in [0.717, 1.165) is 0 Å². The molecule has 0 aromatic carbocycles. The molecule has 0 aromatic heterocycles. The average molecular weight is 204 g/mol. The Labute approximate surface area is 82.9 Å². The number of ether oxygens (including phenoxy) is 3. The molecule has 0 aromatic rings. The Morgan fingerprint density at radius 3 is 2.71 bits per heavy atom. The predicted molar refractivity (Wildman–Crippen MR) is 47.3 cm³/mol. The lowest BCUT2D eigenvalue weighted by atomic mass is 10.2. The van der Waals surface area contributed by atoms with Crippen LogP contribution < -0.4 is 0 Å². The summed E-state index contributed by atoms with van der Waals surface area (Å²) >= 11 is 0. The van der Waals surface area contributed by atoms with Gasteiger partial charge in [-0.2, -0.15) is 0 Å². The zero-order valence-corrected chi connectivity index (χ0v) is 8.43. The summed E-state index contributed by atoms with van der Waals surface area (Å²) in [7, 11) is 0. The molecule has 1 unspecified atom stereocenters. The Balaban J connectivity index is 2.09. The monoisotopic (exact) mass is 204 g/mol. The number of aliphatic hydroxyl groups is 1. The van der Waals surface area contributed by atoms with Crippen molar-refractivity contribution in [1.29, 1.82) is 0 Å². The van der Waals surface area contributed by atoms with Crippen LogP contribution in [0.15, 0.2) is 0 Å². The van der Waals surface area contributed by atoms with Crippen molar-refractivity contribution in [2.45, 2.75) is 45.4 Å². The Morgan fingerprint density at radius 2 is 2.21 bits per heavy atom. The number of carbonyl (C=O) groups excluding carboxylic acids is 1. The van der Waals surface area contributed by atoms with E-state index in [1.807, 2.05) is 0 Å². The molecule has 1 aliphatic heterocycles. The lowest BCUT2D eigenvalue weighted by Gasteiger charge is -2.34. The number of carbonyl (C=O) groups is 1. The van der Waals surface area contributed by atoms with Gasteiger partial charge in [0.15, 0.2) is 12.6 Å². The molecule has 0 radical (unpaired) electrons. The second kappa shape index (κ2) is 5.29. The topological polar surface area (TPSA) is 65.0 Å². The summed E-state index contributed by atoms with van der Waals surface area (Å²) in [6, 6.07) is 0. The minimum atomic E-state index is -0.758. The van der Waals surface area contributed by atoms with Crippen molar-refractivity contribution >= 4 is 5.97 Å². The third-order valence-electron chi connectivity index (χ3n) is 1.86. The fourth-order valence-electron chi connectivity index (χ4n) is 1.27. The van der Waals surface area contributed by atoms with Crippen molar-refractivity contribution in [3.8, 4) is 0 Å². The van der Waals surface area contributed by atoms with Crippen LogP contribution >= 0.6 is 0 Å². The van der Waals surface area contributed by atoms with Crippen molar-refractivity contribution in [3.05, 3.63) is 0 Å². The van der Waals surface area contributed by atoms with Crippen LogP contribution in [0.5, 0.6) is 0 Å². The van der Waals surface area contributed by atoms with Crippen molar-refractivity contribution in [2.75, 3.05) is 6.61 Å². The molecule has 0 amide bonds. The first-order valence-electron chi connectivity index (χ1n) is 4.76. The van der Waals surface area contributed by atoms with Gasteiger partial charge in [0, 0.05) is 6.42 Å². The third-order valence-corrected chi connectivity index (χ3v) is 1.86. The summed E-state index contributed by atoms with van der Waals surface area (Å²) in [5.41, 5.74) is 0. The molecule has 1 fully saturated rings. The van der Waals surface area contributed by atoms with Crippen LogP contribution in [0.4, 0.5) is 0 Å². The summed E-state index contributed by atoms with van der Waals surface area (Å²) in [6.07, 6.45) is -1.04. The molecule has 1 heterocycles. The second-order valence-corrected chi connectivity index (χ2v) is 3.17. The molecule has 14 heavy (non-hydrogen) atoms. The smallest absolute Gasteiger partial charge is 0.308 e. The molecule has 1 atom stereocenters. The Morgan fingerprint density at radius 1 is 1.57 bits per heavy atom. The lowest BCUT2D eigenvalue weighted by Crippen LogP contribution is -2.41. The normalized spacial score (nSPS) is 27.9. The molecule has 0 aliphatic carbocycles. The fraction of sp³-hybridized carbons (Fsp3) is 0.889. The number of rotatable bonds is 5. The van der Waals surface area contributed by atoms with E-state index in [1.54, 1.807) is 13.8 Å². The van der Waals surface area contributed by atoms with E-state index in [1.165, 1.54) is 0 Å². The first-order chi connectivity index (χ1) is 6.61. The molecule has 5 heteroatoms. The van der Waals surface area contributed by atoms with Crippen LogP contribution in [0.3, 0.4) is 0 Å². The van der Waals surface area contributed by atoms with E-state index in [0.29, 0.717) is 13.0 Å². The summed E-state index contributed by atoms with van der Waals surface area (Å²) in [5, 5.41) is 9.41. The van der Waals surface area contributed by atoms with Gasteiger partial charge in [-0.25, -0.2) is 0 Å². The van der Waals surface area contributed by atoms with Crippen LogP contribution in [-0.4, -0.2) is 36.4 Å². The lowest BCUT2D eigenvalue weighted by molar-refractivity contribution is -0.380. The van der Waals surface area contributed by atoms with Gasteiger partial charge in [-0.05, 0) is 13.8 Å². The molecular formula is C9H16O5. The first-order valence-corrected chi connectivity index (χ1v) is 4.76. The van der Waals surface area contributed by atoms with E-state index in [-0.39, 0.29) is 19.0 Å². The third kappa shape index (κ3) is 3.61. The largest absolute Gasteiger partial charge is 0.466 e. The van der Waals surface area contributed by atoms with Crippen LogP contribution in [-0.2, 0) is 19.0 Å². The molecular weight excluding hydrogens is 188 g/mol. The van der Waals surface area contributed by atoms with Gasteiger partial charge in [0.05, 0.1) is 19.1 Å². The highest BCUT2D eigenvalue weighted by molar-refractivity contribution is 5.69. The summed E-state index contributed by atoms with van der Waals surface area (Å²) < 4.78 is 14.9. The van der Waals surface area contributed by atoms with E-state index in [4.69, 9.17) is 9.47 Å². The minimum Gasteiger partial charge on any atom is -0.466 e. The first kappa shape index (κ1) is 11.4. The second-order valence-electron chi connectivity index (χ2n) is 3.17. The minimum absolute atomic E-state index is 0.00849. The highest BCUT2D eigenvalue weighted by Gasteiger charge is 2.29. The number of hydrogen-bond donors (Lipinski definition) is 1. The van der Waals surface area contributed by atoms with Gasteiger partial charge in [0.2, 0.25) is 0 Å². The summed E-state index contributed by atoms with van der Waals surface area (Å²) in [4.78, 5) is 10.9. The van der Waals surface area contributed by atoms with E-state index < -0.39 is 12.1 Å². The number of esters is 1. The Kier molecular flexibility index (Phi) is 4.31. The maximum Gasteiger partial charge on any atom is 0.308 e. The standard InChI is InChI=1S/C9H16O5/c1-3-12-8(11)4-7(10)5-9-13-6(2)14-9/h6-7,9-10H,3-5H2,1-2H3. The van der Waals surface area contributed by atoms with Gasteiger partial charge < -0.3 is 19.3 Å². The molecule has 1 N–H and O–H groups in total. The van der Waals surface area contributed by atoms with Crippen LogP contribution in [0.25, 0.3) is 0 Å². The molecule has 0 bridgehead atoms. The molecule has 1 rings (SSSR count). The van der Waals surface area contributed by atoms with Crippen LogP contribution in [0.2, 0.25) is 0 Å².